The van der Waals surface area contributed by atoms with Gasteiger partial charge in [0.25, 0.3) is 0 Å². The van der Waals surface area contributed by atoms with Crippen LogP contribution in [-0.2, 0) is 9.59 Å². The SMILES string of the molecule is CCCCCCC/C=C/C(=O)N[C@@H](CCO)C(=O)O. The molecule has 5 heteroatoms. The van der Waals surface area contributed by atoms with E-state index in [2.05, 4.69) is 12.2 Å². The van der Waals surface area contributed by atoms with Gasteiger partial charge in [-0.05, 0) is 18.9 Å². The zero-order chi connectivity index (χ0) is 14.5. The van der Waals surface area contributed by atoms with E-state index in [4.69, 9.17) is 10.2 Å². The summed E-state index contributed by atoms with van der Waals surface area (Å²) in [7, 11) is 0. The Morgan fingerprint density at radius 2 is 1.89 bits per heavy atom. The average Bonchev–Trinajstić information content (AvgIpc) is 2.37. The predicted octanol–water partition coefficient (Wildman–Crippen LogP) is 1.85. The fourth-order valence-electron chi connectivity index (χ4n) is 1.66. The van der Waals surface area contributed by atoms with E-state index >= 15 is 0 Å². The van der Waals surface area contributed by atoms with Crippen LogP contribution in [-0.4, -0.2) is 34.7 Å². The number of carbonyl (C=O) groups excluding carboxylic acids is 1. The summed E-state index contributed by atoms with van der Waals surface area (Å²) in [4.78, 5) is 22.2. The molecule has 0 aromatic rings. The Kier molecular flexibility index (Phi) is 10.9. The highest BCUT2D eigenvalue weighted by molar-refractivity contribution is 5.91. The number of allylic oxidation sites excluding steroid dienone is 1. The van der Waals surface area contributed by atoms with Crippen LogP contribution in [0.2, 0.25) is 0 Å². The maximum absolute atomic E-state index is 11.4. The molecule has 5 nitrogen and oxygen atoms in total. The fraction of sp³-hybridized carbons (Fsp3) is 0.714. The summed E-state index contributed by atoms with van der Waals surface area (Å²) in [6.45, 7) is 1.90. The number of hydrogen-bond acceptors (Lipinski definition) is 3. The van der Waals surface area contributed by atoms with Crippen molar-refractivity contribution in [1.29, 1.82) is 0 Å². The minimum absolute atomic E-state index is 0.0198. The Morgan fingerprint density at radius 1 is 1.21 bits per heavy atom. The Morgan fingerprint density at radius 3 is 2.47 bits per heavy atom. The molecule has 0 heterocycles. The van der Waals surface area contributed by atoms with Crippen LogP contribution in [0.1, 0.15) is 51.9 Å². The lowest BCUT2D eigenvalue weighted by molar-refractivity contribution is -0.141. The van der Waals surface area contributed by atoms with Crippen LogP contribution in [0.5, 0.6) is 0 Å². The van der Waals surface area contributed by atoms with E-state index in [9.17, 15) is 9.59 Å². The number of aliphatic carboxylic acids is 1. The number of carboxylic acid groups (broad SMARTS) is 1. The monoisotopic (exact) mass is 271 g/mol. The van der Waals surface area contributed by atoms with Crippen molar-refractivity contribution in [2.24, 2.45) is 0 Å². The van der Waals surface area contributed by atoms with Gasteiger partial charge in [-0.1, -0.05) is 38.7 Å². The molecule has 0 aromatic heterocycles. The van der Waals surface area contributed by atoms with Crippen LogP contribution >= 0.6 is 0 Å². The van der Waals surface area contributed by atoms with E-state index in [0.717, 1.165) is 19.3 Å². The molecule has 110 valence electrons. The van der Waals surface area contributed by atoms with Crippen molar-refractivity contribution in [3.05, 3.63) is 12.2 Å². The van der Waals surface area contributed by atoms with Crippen molar-refractivity contribution in [3.63, 3.8) is 0 Å². The maximum atomic E-state index is 11.4. The van der Waals surface area contributed by atoms with Crippen LogP contribution in [0.15, 0.2) is 12.2 Å². The molecule has 3 N–H and O–H groups in total. The normalized spacial score (nSPS) is 12.5. The zero-order valence-electron chi connectivity index (χ0n) is 11.6. The van der Waals surface area contributed by atoms with Crippen LogP contribution in [0.4, 0.5) is 0 Å². The minimum Gasteiger partial charge on any atom is -0.480 e. The molecular weight excluding hydrogens is 246 g/mol. The van der Waals surface area contributed by atoms with Crippen molar-refractivity contribution in [3.8, 4) is 0 Å². The Bertz CT molecular complexity index is 289. The fourth-order valence-corrected chi connectivity index (χ4v) is 1.66. The van der Waals surface area contributed by atoms with Gasteiger partial charge in [0.15, 0.2) is 0 Å². The van der Waals surface area contributed by atoms with E-state index in [1.807, 2.05) is 0 Å². The summed E-state index contributed by atoms with van der Waals surface area (Å²) in [5.74, 6) is -1.55. The third kappa shape index (κ3) is 10.3. The molecule has 0 saturated heterocycles. The average molecular weight is 271 g/mol. The van der Waals surface area contributed by atoms with E-state index < -0.39 is 17.9 Å². The molecule has 0 aliphatic carbocycles. The van der Waals surface area contributed by atoms with Crippen LogP contribution in [0.25, 0.3) is 0 Å². The van der Waals surface area contributed by atoms with Gasteiger partial charge in [0.2, 0.25) is 5.91 Å². The van der Waals surface area contributed by atoms with Gasteiger partial charge in [-0.2, -0.15) is 0 Å². The van der Waals surface area contributed by atoms with Gasteiger partial charge in [0.05, 0.1) is 0 Å². The van der Waals surface area contributed by atoms with Gasteiger partial charge in [-0.3, -0.25) is 4.79 Å². The highest BCUT2D eigenvalue weighted by Gasteiger charge is 2.17. The molecule has 0 aliphatic heterocycles. The number of carboxylic acids is 1. The summed E-state index contributed by atoms with van der Waals surface area (Å²) >= 11 is 0. The number of aliphatic hydroxyl groups is 1. The number of amides is 1. The first kappa shape index (κ1) is 17.6. The summed E-state index contributed by atoms with van der Waals surface area (Å²) in [5, 5.41) is 19.8. The Hall–Kier alpha value is -1.36. The molecule has 0 rings (SSSR count). The Labute approximate surface area is 114 Å². The summed E-state index contributed by atoms with van der Waals surface area (Å²) in [6, 6.07) is -1.02. The first-order valence-corrected chi connectivity index (χ1v) is 6.92. The third-order valence-electron chi connectivity index (χ3n) is 2.78. The lowest BCUT2D eigenvalue weighted by Crippen LogP contribution is -2.40. The van der Waals surface area contributed by atoms with E-state index in [0.29, 0.717) is 0 Å². The van der Waals surface area contributed by atoms with Crippen molar-refractivity contribution in [2.45, 2.75) is 57.9 Å². The van der Waals surface area contributed by atoms with Crippen LogP contribution in [0.3, 0.4) is 0 Å². The number of rotatable bonds is 11. The molecule has 0 bridgehead atoms. The molecule has 0 aliphatic rings. The van der Waals surface area contributed by atoms with Crippen LogP contribution in [0, 0.1) is 0 Å². The molecule has 1 atom stereocenters. The third-order valence-corrected chi connectivity index (χ3v) is 2.78. The van der Waals surface area contributed by atoms with Gasteiger partial charge in [-0.25, -0.2) is 4.79 Å². The first-order valence-electron chi connectivity index (χ1n) is 6.92. The second-order valence-corrected chi connectivity index (χ2v) is 4.52. The first-order chi connectivity index (χ1) is 9.11. The molecule has 1 amide bonds. The van der Waals surface area contributed by atoms with Gasteiger partial charge in [0.1, 0.15) is 6.04 Å². The number of carbonyl (C=O) groups is 2. The number of hydrogen-bond donors (Lipinski definition) is 3. The maximum Gasteiger partial charge on any atom is 0.326 e. The molecule has 19 heavy (non-hydrogen) atoms. The van der Waals surface area contributed by atoms with Gasteiger partial charge in [0, 0.05) is 13.0 Å². The number of aliphatic hydroxyl groups excluding tert-OH is 1. The molecule has 0 unspecified atom stereocenters. The van der Waals surface area contributed by atoms with Crippen molar-refractivity contribution in [2.75, 3.05) is 6.61 Å². The van der Waals surface area contributed by atoms with Gasteiger partial charge >= 0.3 is 5.97 Å². The highest BCUT2D eigenvalue weighted by atomic mass is 16.4. The second kappa shape index (κ2) is 11.7. The highest BCUT2D eigenvalue weighted by Crippen LogP contribution is 2.05. The molecule has 0 fully saturated rings. The summed E-state index contributed by atoms with van der Waals surface area (Å²) in [6.07, 6.45) is 9.84. The van der Waals surface area contributed by atoms with Gasteiger partial charge < -0.3 is 15.5 Å². The van der Waals surface area contributed by atoms with E-state index in [1.54, 1.807) is 6.08 Å². The van der Waals surface area contributed by atoms with Crippen molar-refractivity contribution >= 4 is 11.9 Å². The number of unbranched alkanes of at least 4 members (excludes halogenated alkanes) is 5. The standard InChI is InChI=1S/C14H25NO4/c1-2-3-4-5-6-7-8-9-13(17)15-12(10-11-16)14(18)19/h8-9,12,16H,2-7,10-11H2,1H3,(H,15,17)(H,18,19)/b9-8+/t12-/m0/s1. The lowest BCUT2D eigenvalue weighted by Gasteiger charge is -2.11. The zero-order valence-corrected chi connectivity index (χ0v) is 11.6. The predicted molar refractivity (Wildman–Crippen MR) is 73.8 cm³/mol. The van der Waals surface area contributed by atoms with Crippen molar-refractivity contribution < 1.29 is 19.8 Å². The molecule has 0 saturated carbocycles. The van der Waals surface area contributed by atoms with Crippen LogP contribution < -0.4 is 5.32 Å². The van der Waals surface area contributed by atoms with E-state index in [1.165, 1.54) is 25.3 Å². The lowest BCUT2D eigenvalue weighted by atomic mass is 10.1. The topological polar surface area (TPSA) is 86.6 Å². The molecule has 0 spiro atoms. The van der Waals surface area contributed by atoms with Crippen molar-refractivity contribution in [1.82, 2.24) is 5.32 Å². The van der Waals surface area contributed by atoms with E-state index in [-0.39, 0.29) is 13.0 Å². The molecule has 0 radical (unpaired) electrons. The summed E-state index contributed by atoms with van der Waals surface area (Å²) in [5.41, 5.74) is 0. The Balaban J connectivity index is 3.79. The largest absolute Gasteiger partial charge is 0.480 e. The minimum atomic E-state index is -1.13. The number of nitrogens with one attached hydrogen (secondary N) is 1. The molecule has 0 aromatic carbocycles. The summed E-state index contributed by atoms with van der Waals surface area (Å²) < 4.78 is 0. The smallest absolute Gasteiger partial charge is 0.326 e. The van der Waals surface area contributed by atoms with Gasteiger partial charge in [-0.15, -0.1) is 0 Å². The molecular formula is C14H25NO4. The second-order valence-electron chi connectivity index (χ2n) is 4.52. The quantitative estimate of drug-likeness (QED) is 0.395.